The van der Waals surface area contributed by atoms with Gasteiger partial charge in [-0.15, -0.1) is 0 Å². The van der Waals surface area contributed by atoms with Crippen LogP contribution >= 0.6 is 0 Å². The minimum absolute atomic E-state index is 0.136. The second-order valence-electron chi connectivity index (χ2n) is 9.89. The first-order chi connectivity index (χ1) is 18.2. The molecule has 0 bridgehead atoms. The summed E-state index contributed by atoms with van der Waals surface area (Å²) in [5, 5.41) is 5.92. The number of fused-ring (bicyclic) bond motifs is 1. The molecule has 2 amide bonds. The number of imide groups is 1. The Labute approximate surface area is 216 Å². The van der Waals surface area contributed by atoms with Crippen molar-refractivity contribution < 1.29 is 22.8 Å². The zero-order valence-electron chi connectivity index (χ0n) is 20.6. The molecular weight excluding hydrogens is 499 g/mol. The molecule has 1 unspecified atom stereocenters. The van der Waals surface area contributed by atoms with Gasteiger partial charge in [-0.1, -0.05) is 30.3 Å². The van der Waals surface area contributed by atoms with Crippen molar-refractivity contribution in [2.75, 3.05) is 18.4 Å². The van der Waals surface area contributed by atoms with Gasteiger partial charge >= 0.3 is 6.18 Å². The van der Waals surface area contributed by atoms with E-state index in [2.05, 4.69) is 15.6 Å². The Balaban J connectivity index is 1.25. The van der Waals surface area contributed by atoms with Crippen molar-refractivity contribution in [3.63, 3.8) is 0 Å². The molecular formula is C27H28F3N5O3. The van der Waals surface area contributed by atoms with E-state index in [-0.39, 0.29) is 37.1 Å². The van der Waals surface area contributed by atoms with Gasteiger partial charge in [0, 0.05) is 25.2 Å². The van der Waals surface area contributed by atoms with Crippen molar-refractivity contribution in [3.8, 4) is 0 Å². The molecule has 1 atom stereocenters. The number of hydrogen-bond donors (Lipinski definition) is 2. The van der Waals surface area contributed by atoms with Crippen LogP contribution in [0.5, 0.6) is 0 Å². The molecule has 0 saturated carbocycles. The number of nitrogens with zero attached hydrogens (tertiary/aromatic N) is 3. The van der Waals surface area contributed by atoms with Gasteiger partial charge in [0.25, 0.3) is 5.56 Å². The summed E-state index contributed by atoms with van der Waals surface area (Å²) in [6.07, 6.45) is -2.10. The standard InChI is InChI=1S/C27H28F3N5O3/c28-27(29,30)19-10-12-34(13-11-19)15-18-6-4-17(5-7-18)14-31-20-2-1-3-21-24(20)26(38)35(16-32-21)22-8-9-23(36)33-25(22)37/h1-7,16,19,22,31H,8-15H2,(H,33,36,37). The third-order valence-corrected chi connectivity index (χ3v) is 7.32. The van der Waals surface area contributed by atoms with E-state index in [1.807, 2.05) is 29.2 Å². The van der Waals surface area contributed by atoms with E-state index >= 15 is 0 Å². The molecule has 0 aliphatic carbocycles. The molecule has 1 aromatic heterocycles. The van der Waals surface area contributed by atoms with E-state index in [1.165, 1.54) is 10.9 Å². The monoisotopic (exact) mass is 527 g/mol. The molecule has 0 radical (unpaired) electrons. The lowest BCUT2D eigenvalue weighted by atomic mass is 9.96. The normalized spacial score (nSPS) is 19.5. The van der Waals surface area contributed by atoms with E-state index < -0.39 is 24.0 Å². The van der Waals surface area contributed by atoms with Crippen molar-refractivity contribution in [1.82, 2.24) is 19.8 Å². The van der Waals surface area contributed by atoms with Crippen LogP contribution in [0, 0.1) is 5.92 Å². The number of carbonyl (C=O) groups is 2. The number of rotatable bonds is 6. The minimum atomic E-state index is -4.11. The molecule has 2 saturated heterocycles. The van der Waals surface area contributed by atoms with E-state index in [0.717, 1.165) is 11.1 Å². The SMILES string of the molecule is O=C1CCC(n2cnc3cccc(NCc4ccc(CN5CCC(C(F)(F)F)CC5)cc4)c3c2=O)C(=O)N1. The van der Waals surface area contributed by atoms with Gasteiger partial charge in [0.1, 0.15) is 6.04 Å². The first kappa shape index (κ1) is 25.9. The summed E-state index contributed by atoms with van der Waals surface area (Å²) in [6, 6.07) is 12.3. The largest absolute Gasteiger partial charge is 0.391 e. The van der Waals surface area contributed by atoms with Gasteiger partial charge < -0.3 is 5.32 Å². The van der Waals surface area contributed by atoms with Crippen LogP contribution in [0.2, 0.25) is 0 Å². The van der Waals surface area contributed by atoms with E-state index in [0.29, 0.717) is 42.8 Å². The van der Waals surface area contributed by atoms with Gasteiger partial charge in [0.15, 0.2) is 0 Å². The van der Waals surface area contributed by atoms with Crippen LogP contribution in [0.3, 0.4) is 0 Å². The number of alkyl halides is 3. The number of amides is 2. The highest BCUT2D eigenvalue weighted by Gasteiger charge is 2.41. The summed E-state index contributed by atoms with van der Waals surface area (Å²) in [6.45, 7) is 1.90. The van der Waals surface area contributed by atoms with Crippen molar-refractivity contribution in [1.29, 1.82) is 0 Å². The van der Waals surface area contributed by atoms with Crippen LogP contribution in [-0.4, -0.2) is 45.5 Å². The molecule has 2 aromatic carbocycles. The Morgan fingerprint density at radius 2 is 1.68 bits per heavy atom. The zero-order chi connectivity index (χ0) is 26.9. The maximum atomic E-state index is 13.3. The van der Waals surface area contributed by atoms with Crippen molar-refractivity contribution in [2.45, 2.75) is 51.0 Å². The first-order valence-electron chi connectivity index (χ1n) is 12.6. The number of likely N-dealkylation sites (tertiary alicyclic amines) is 1. The molecule has 38 heavy (non-hydrogen) atoms. The molecule has 2 N–H and O–H groups in total. The third-order valence-electron chi connectivity index (χ3n) is 7.32. The lowest BCUT2D eigenvalue weighted by Crippen LogP contribution is -2.44. The molecule has 3 aromatic rings. The van der Waals surface area contributed by atoms with E-state index in [9.17, 15) is 27.6 Å². The van der Waals surface area contributed by atoms with E-state index in [4.69, 9.17) is 0 Å². The lowest BCUT2D eigenvalue weighted by Gasteiger charge is -2.32. The van der Waals surface area contributed by atoms with Crippen LogP contribution in [0.1, 0.15) is 42.9 Å². The first-order valence-corrected chi connectivity index (χ1v) is 12.6. The maximum Gasteiger partial charge on any atom is 0.391 e. The van der Waals surface area contributed by atoms with Crippen molar-refractivity contribution >= 4 is 28.4 Å². The predicted molar refractivity (Wildman–Crippen MR) is 135 cm³/mol. The summed E-state index contributed by atoms with van der Waals surface area (Å²) in [4.78, 5) is 43.6. The number of halogens is 3. The van der Waals surface area contributed by atoms with Gasteiger partial charge in [0.05, 0.1) is 23.1 Å². The van der Waals surface area contributed by atoms with Crippen LogP contribution in [-0.2, 0) is 22.7 Å². The second kappa shape index (κ2) is 10.6. The van der Waals surface area contributed by atoms with Gasteiger partial charge in [-0.2, -0.15) is 13.2 Å². The van der Waals surface area contributed by atoms with Gasteiger partial charge in [0.2, 0.25) is 11.8 Å². The Morgan fingerprint density at radius 1 is 0.974 bits per heavy atom. The molecule has 2 aliphatic heterocycles. The summed E-state index contributed by atoms with van der Waals surface area (Å²) in [5.74, 6) is -2.07. The van der Waals surface area contributed by atoms with Gasteiger partial charge in [-0.05, 0) is 55.6 Å². The Hall–Kier alpha value is -3.73. The minimum Gasteiger partial charge on any atom is -0.380 e. The van der Waals surface area contributed by atoms with E-state index in [1.54, 1.807) is 18.2 Å². The van der Waals surface area contributed by atoms with Gasteiger partial charge in [-0.25, -0.2) is 4.98 Å². The number of benzene rings is 2. The fraction of sp³-hybridized carbons (Fsp3) is 0.407. The highest BCUT2D eigenvalue weighted by Crippen LogP contribution is 2.34. The van der Waals surface area contributed by atoms with Crippen LogP contribution < -0.4 is 16.2 Å². The van der Waals surface area contributed by atoms with Gasteiger partial charge in [-0.3, -0.25) is 29.2 Å². The Bertz CT molecular complexity index is 1400. The molecule has 8 nitrogen and oxygen atoms in total. The third kappa shape index (κ3) is 5.57. The summed E-state index contributed by atoms with van der Waals surface area (Å²) in [5.41, 5.74) is 2.71. The number of carbonyl (C=O) groups excluding carboxylic acids is 2. The molecule has 5 rings (SSSR count). The number of aromatic nitrogens is 2. The highest BCUT2D eigenvalue weighted by atomic mass is 19.4. The smallest absolute Gasteiger partial charge is 0.380 e. The number of hydrogen-bond acceptors (Lipinski definition) is 6. The molecule has 3 heterocycles. The Morgan fingerprint density at radius 3 is 2.37 bits per heavy atom. The van der Waals surface area contributed by atoms with Crippen LogP contribution in [0.15, 0.2) is 53.6 Å². The summed E-state index contributed by atoms with van der Waals surface area (Å²) < 4.78 is 40.0. The fourth-order valence-electron chi connectivity index (χ4n) is 5.13. The topological polar surface area (TPSA) is 96.3 Å². The van der Waals surface area contributed by atoms with Crippen LogP contribution in [0.4, 0.5) is 18.9 Å². The van der Waals surface area contributed by atoms with Crippen molar-refractivity contribution in [3.05, 3.63) is 70.3 Å². The quantitative estimate of drug-likeness (QED) is 0.474. The highest BCUT2D eigenvalue weighted by molar-refractivity contribution is 5.99. The fourth-order valence-corrected chi connectivity index (χ4v) is 5.13. The molecule has 11 heteroatoms. The van der Waals surface area contributed by atoms with Crippen LogP contribution in [0.25, 0.3) is 10.9 Å². The summed E-state index contributed by atoms with van der Waals surface area (Å²) >= 11 is 0. The number of piperidine rings is 2. The maximum absolute atomic E-state index is 13.3. The second-order valence-corrected chi connectivity index (χ2v) is 9.89. The van der Waals surface area contributed by atoms with Crippen molar-refractivity contribution in [2.24, 2.45) is 5.92 Å². The average Bonchev–Trinajstić information content (AvgIpc) is 2.89. The molecule has 2 aliphatic rings. The molecule has 200 valence electrons. The molecule has 2 fully saturated rings. The molecule has 0 spiro atoms. The number of anilines is 1. The Kier molecular flexibility index (Phi) is 7.20. The average molecular weight is 528 g/mol. The number of nitrogens with one attached hydrogen (secondary N) is 2. The summed E-state index contributed by atoms with van der Waals surface area (Å²) in [7, 11) is 0. The predicted octanol–water partition coefficient (Wildman–Crippen LogP) is 3.76. The lowest BCUT2D eigenvalue weighted by molar-refractivity contribution is -0.185. The zero-order valence-corrected chi connectivity index (χ0v) is 20.6.